The fourth-order valence-corrected chi connectivity index (χ4v) is 3.12. The summed E-state index contributed by atoms with van der Waals surface area (Å²) in [5.74, 6) is -0.360. The highest BCUT2D eigenvalue weighted by molar-refractivity contribution is 8.02. The fourth-order valence-electron chi connectivity index (χ4n) is 1.11. The molecule has 112 valence electrons. The van der Waals surface area contributed by atoms with Gasteiger partial charge in [0, 0.05) is 13.1 Å². The van der Waals surface area contributed by atoms with E-state index in [1.54, 1.807) is 6.92 Å². The molecule has 2 atom stereocenters. The summed E-state index contributed by atoms with van der Waals surface area (Å²) < 4.78 is 0.690. The number of carbonyl (C=O) groups excluding carboxylic acids is 2. The summed E-state index contributed by atoms with van der Waals surface area (Å²) in [5, 5.41) is 16.1. The molecule has 0 saturated carbocycles. The number of thioether (sulfide) groups is 1. The topological polar surface area (TPSA) is 96.0 Å². The third-order valence-electron chi connectivity index (χ3n) is 2.50. The maximum Gasteiger partial charge on any atom is 0.321 e. The second-order valence-corrected chi connectivity index (χ2v) is 6.72. The van der Waals surface area contributed by atoms with Crippen molar-refractivity contribution in [3.8, 4) is 0 Å². The predicted octanol–water partition coefficient (Wildman–Crippen LogP) is 1.68. The van der Waals surface area contributed by atoms with Crippen LogP contribution in [0.1, 0.15) is 27.2 Å². The van der Waals surface area contributed by atoms with E-state index in [-0.39, 0.29) is 5.91 Å². The lowest BCUT2D eigenvalue weighted by atomic mass is 10.3. The summed E-state index contributed by atoms with van der Waals surface area (Å²) in [6, 6.07) is -0.186. The van der Waals surface area contributed by atoms with Crippen molar-refractivity contribution in [2.45, 2.75) is 42.8 Å². The molecular formula is C11H19N5O2S2. The van der Waals surface area contributed by atoms with Gasteiger partial charge in [-0.05, 0) is 20.3 Å². The quantitative estimate of drug-likeness (QED) is 0.691. The number of urea groups is 1. The van der Waals surface area contributed by atoms with Gasteiger partial charge < -0.3 is 10.6 Å². The number of carbonyl (C=O) groups is 2. The first-order chi connectivity index (χ1) is 9.46. The second kappa shape index (κ2) is 8.05. The SMILES string of the molecule is CCC(C)Nc1nnc(SC(C)C(=O)NC(=O)NC)s1. The first-order valence-corrected chi connectivity index (χ1v) is 7.95. The highest BCUT2D eigenvalue weighted by Crippen LogP contribution is 2.29. The number of rotatable bonds is 6. The van der Waals surface area contributed by atoms with Crippen molar-refractivity contribution in [3.63, 3.8) is 0 Å². The van der Waals surface area contributed by atoms with E-state index in [0.717, 1.165) is 11.6 Å². The maximum absolute atomic E-state index is 11.7. The molecule has 0 aromatic carbocycles. The molecule has 1 aromatic rings. The van der Waals surface area contributed by atoms with Crippen LogP contribution in [0.3, 0.4) is 0 Å². The Hall–Kier alpha value is -1.35. The summed E-state index contributed by atoms with van der Waals surface area (Å²) in [6.45, 7) is 5.86. The lowest BCUT2D eigenvalue weighted by molar-refractivity contribution is -0.119. The van der Waals surface area contributed by atoms with Crippen molar-refractivity contribution in [2.75, 3.05) is 12.4 Å². The van der Waals surface area contributed by atoms with Crippen LogP contribution in [0, 0.1) is 0 Å². The molecular weight excluding hydrogens is 298 g/mol. The van der Waals surface area contributed by atoms with Gasteiger partial charge in [-0.15, -0.1) is 10.2 Å². The zero-order chi connectivity index (χ0) is 15.1. The van der Waals surface area contributed by atoms with Crippen molar-refractivity contribution >= 4 is 40.2 Å². The van der Waals surface area contributed by atoms with Crippen LogP contribution in [0.15, 0.2) is 4.34 Å². The van der Waals surface area contributed by atoms with Crippen LogP contribution in [0.4, 0.5) is 9.93 Å². The van der Waals surface area contributed by atoms with E-state index in [1.807, 2.05) is 0 Å². The van der Waals surface area contributed by atoms with Crippen LogP contribution in [-0.4, -0.2) is 40.5 Å². The van der Waals surface area contributed by atoms with E-state index in [2.05, 4.69) is 40.0 Å². The van der Waals surface area contributed by atoms with Crippen molar-refractivity contribution in [3.05, 3.63) is 0 Å². The molecule has 0 radical (unpaired) electrons. The minimum atomic E-state index is -0.515. The van der Waals surface area contributed by atoms with Gasteiger partial charge in [0.2, 0.25) is 11.0 Å². The standard InChI is InChI=1S/C11H19N5O2S2/c1-5-6(2)13-10-15-16-11(20-10)19-7(3)8(17)14-9(18)12-4/h6-7H,5H2,1-4H3,(H,13,15)(H2,12,14,17,18). The van der Waals surface area contributed by atoms with Gasteiger partial charge in [0.25, 0.3) is 0 Å². The Kier molecular flexibility index (Phi) is 6.73. The minimum Gasteiger partial charge on any atom is -0.358 e. The Morgan fingerprint density at radius 2 is 2.05 bits per heavy atom. The Labute approximate surface area is 126 Å². The first-order valence-electron chi connectivity index (χ1n) is 6.25. The molecule has 2 unspecified atom stereocenters. The van der Waals surface area contributed by atoms with Gasteiger partial charge >= 0.3 is 6.03 Å². The molecule has 0 bridgehead atoms. The lowest BCUT2D eigenvalue weighted by Gasteiger charge is -2.09. The van der Waals surface area contributed by atoms with Gasteiger partial charge in [0.1, 0.15) is 0 Å². The molecule has 20 heavy (non-hydrogen) atoms. The van der Waals surface area contributed by atoms with E-state index in [0.29, 0.717) is 10.4 Å². The Balaban J connectivity index is 2.51. The normalized spacial score (nSPS) is 13.4. The monoisotopic (exact) mass is 317 g/mol. The van der Waals surface area contributed by atoms with Crippen molar-refractivity contribution < 1.29 is 9.59 Å². The maximum atomic E-state index is 11.7. The van der Waals surface area contributed by atoms with E-state index >= 15 is 0 Å². The number of hydrogen-bond donors (Lipinski definition) is 3. The predicted molar refractivity (Wildman–Crippen MR) is 81.2 cm³/mol. The van der Waals surface area contributed by atoms with Crippen LogP contribution in [0.2, 0.25) is 0 Å². The minimum absolute atomic E-state index is 0.328. The van der Waals surface area contributed by atoms with Gasteiger partial charge in [0.15, 0.2) is 4.34 Å². The zero-order valence-corrected chi connectivity index (χ0v) is 13.5. The number of amides is 3. The molecule has 0 spiro atoms. The molecule has 0 fully saturated rings. The molecule has 3 amide bonds. The summed E-state index contributed by atoms with van der Waals surface area (Å²) in [7, 11) is 1.46. The molecule has 1 aromatic heterocycles. The number of anilines is 1. The van der Waals surface area contributed by atoms with Gasteiger partial charge in [-0.3, -0.25) is 10.1 Å². The third kappa shape index (κ3) is 5.33. The van der Waals surface area contributed by atoms with Crippen LogP contribution >= 0.6 is 23.1 Å². The summed E-state index contributed by atoms with van der Waals surface area (Å²) in [5.41, 5.74) is 0. The van der Waals surface area contributed by atoms with Gasteiger partial charge in [-0.1, -0.05) is 30.0 Å². The Morgan fingerprint density at radius 3 is 2.65 bits per heavy atom. The van der Waals surface area contributed by atoms with Gasteiger partial charge in [-0.25, -0.2) is 4.79 Å². The fraction of sp³-hybridized carbons (Fsp3) is 0.636. The third-order valence-corrected chi connectivity index (χ3v) is 4.54. The second-order valence-electron chi connectivity index (χ2n) is 4.16. The molecule has 0 aliphatic rings. The first kappa shape index (κ1) is 16.7. The van der Waals surface area contributed by atoms with E-state index in [1.165, 1.54) is 30.1 Å². The van der Waals surface area contributed by atoms with Crippen molar-refractivity contribution in [1.29, 1.82) is 0 Å². The smallest absolute Gasteiger partial charge is 0.321 e. The molecule has 0 aliphatic heterocycles. The summed E-state index contributed by atoms with van der Waals surface area (Å²) >= 11 is 2.67. The average Bonchev–Trinajstić information content (AvgIpc) is 2.85. The summed E-state index contributed by atoms with van der Waals surface area (Å²) in [4.78, 5) is 22.7. The van der Waals surface area contributed by atoms with Crippen LogP contribution in [0.5, 0.6) is 0 Å². The highest BCUT2D eigenvalue weighted by Gasteiger charge is 2.19. The average molecular weight is 317 g/mol. The van der Waals surface area contributed by atoms with Crippen LogP contribution in [0.25, 0.3) is 0 Å². The molecule has 1 heterocycles. The molecule has 0 saturated heterocycles. The highest BCUT2D eigenvalue weighted by atomic mass is 32.2. The lowest BCUT2D eigenvalue weighted by Crippen LogP contribution is -2.41. The number of hydrogen-bond acceptors (Lipinski definition) is 7. The van der Waals surface area contributed by atoms with Crippen LogP contribution < -0.4 is 16.0 Å². The number of imide groups is 1. The molecule has 0 aliphatic carbocycles. The van der Waals surface area contributed by atoms with E-state index in [9.17, 15) is 9.59 Å². The van der Waals surface area contributed by atoms with E-state index < -0.39 is 11.3 Å². The molecule has 3 N–H and O–H groups in total. The zero-order valence-electron chi connectivity index (χ0n) is 11.9. The number of nitrogens with one attached hydrogen (secondary N) is 3. The van der Waals surface area contributed by atoms with E-state index in [4.69, 9.17) is 0 Å². The number of aromatic nitrogens is 2. The van der Waals surface area contributed by atoms with Crippen molar-refractivity contribution in [2.24, 2.45) is 0 Å². The Morgan fingerprint density at radius 1 is 1.35 bits per heavy atom. The summed E-state index contributed by atoms with van der Waals surface area (Å²) in [6.07, 6.45) is 0.993. The molecule has 9 heteroatoms. The largest absolute Gasteiger partial charge is 0.358 e. The molecule has 7 nitrogen and oxygen atoms in total. The Bertz CT molecular complexity index is 465. The van der Waals surface area contributed by atoms with Crippen molar-refractivity contribution in [1.82, 2.24) is 20.8 Å². The molecule has 1 rings (SSSR count). The van der Waals surface area contributed by atoms with Gasteiger partial charge in [0.05, 0.1) is 5.25 Å². The van der Waals surface area contributed by atoms with Gasteiger partial charge in [-0.2, -0.15) is 0 Å². The number of nitrogens with zero attached hydrogens (tertiary/aromatic N) is 2. The van der Waals surface area contributed by atoms with Crippen LogP contribution in [-0.2, 0) is 4.79 Å².